The van der Waals surface area contributed by atoms with Crippen molar-refractivity contribution in [1.29, 1.82) is 0 Å². The van der Waals surface area contributed by atoms with Gasteiger partial charge < -0.3 is 5.11 Å². The van der Waals surface area contributed by atoms with Crippen LogP contribution in [0.4, 0.5) is 0 Å². The van der Waals surface area contributed by atoms with E-state index in [1.54, 1.807) is 36.7 Å². The maximum Gasteiger partial charge on any atom is 0.320 e. The third kappa shape index (κ3) is 1.97. The molecule has 4 nitrogen and oxygen atoms in total. The van der Waals surface area contributed by atoms with Crippen molar-refractivity contribution in [3.63, 3.8) is 0 Å². The fourth-order valence-electron chi connectivity index (χ4n) is 1.58. The van der Waals surface area contributed by atoms with Gasteiger partial charge in [-0.05, 0) is 18.2 Å². The van der Waals surface area contributed by atoms with Crippen LogP contribution >= 0.6 is 12.4 Å². The van der Waals surface area contributed by atoms with Gasteiger partial charge in [-0.2, -0.15) is 0 Å². The number of nitrogens with zero attached hydrogens (tertiary/aromatic N) is 2. The highest BCUT2D eigenvalue weighted by molar-refractivity contribution is 5.88. The Morgan fingerprint density at radius 3 is 2.75 bits per heavy atom. The minimum absolute atomic E-state index is 0. The van der Waals surface area contributed by atoms with E-state index in [1.165, 1.54) is 6.20 Å². The molecule has 2 rings (SSSR count). The Hall–Kier alpha value is -1.68. The highest BCUT2D eigenvalue weighted by atomic mass is 35.5. The number of aliphatic imine (C=N–C) groups is 1. The summed E-state index contributed by atoms with van der Waals surface area (Å²) in [5.74, 6) is -0.899. The molecule has 0 aliphatic carbocycles. The Labute approximate surface area is 99.1 Å². The lowest BCUT2D eigenvalue weighted by Crippen LogP contribution is -2.36. The summed E-state index contributed by atoms with van der Waals surface area (Å²) in [5, 5.41) is 9.29. The van der Waals surface area contributed by atoms with Crippen LogP contribution < -0.4 is 0 Å². The van der Waals surface area contributed by atoms with Crippen LogP contribution in [0.5, 0.6) is 0 Å². The number of pyridine rings is 1. The van der Waals surface area contributed by atoms with Gasteiger partial charge in [-0.1, -0.05) is 6.07 Å². The Balaban J connectivity index is 0.00000128. The molecule has 0 spiro atoms. The van der Waals surface area contributed by atoms with E-state index >= 15 is 0 Å². The molecular weight excluding hydrogens is 228 g/mol. The largest absolute Gasteiger partial charge is 0.480 e. The normalized spacial score (nSPS) is 22.5. The van der Waals surface area contributed by atoms with Gasteiger partial charge in [0.15, 0.2) is 0 Å². The summed E-state index contributed by atoms with van der Waals surface area (Å²) in [6.45, 7) is 0. The number of carboxylic acid groups (broad SMARTS) is 1. The van der Waals surface area contributed by atoms with E-state index in [0.717, 1.165) is 0 Å². The third-order valence-electron chi connectivity index (χ3n) is 2.47. The number of hydrogen-bond acceptors (Lipinski definition) is 3. The quantitative estimate of drug-likeness (QED) is 0.855. The highest BCUT2D eigenvalue weighted by Crippen LogP contribution is 2.29. The van der Waals surface area contributed by atoms with E-state index in [1.807, 2.05) is 0 Å². The first kappa shape index (κ1) is 12.4. The molecule has 1 aromatic rings. The molecule has 2 heterocycles. The van der Waals surface area contributed by atoms with E-state index in [0.29, 0.717) is 12.1 Å². The smallest absolute Gasteiger partial charge is 0.320 e. The van der Waals surface area contributed by atoms with Gasteiger partial charge in [0.05, 0.1) is 5.69 Å². The van der Waals surface area contributed by atoms with Crippen LogP contribution in [0.2, 0.25) is 0 Å². The summed E-state index contributed by atoms with van der Waals surface area (Å²) in [5.41, 5.74) is -0.511. The molecule has 5 heteroatoms. The van der Waals surface area contributed by atoms with Gasteiger partial charge in [0.2, 0.25) is 0 Å². The first-order valence-electron chi connectivity index (χ1n) is 4.60. The molecule has 0 amide bonds. The number of aliphatic carboxylic acids is 1. The van der Waals surface area contributed by atoms with Crippen LogP contribution in [-0.4, -0.2) is 22.3 Å². The van der Waals surface area contributed by atoms with E-state index in [4.69, 9.17) is 0 Å². The van der Waals surface area contributed by atoms with Gasteiger partial charge in [-0.3, -0.25) is 14.8 Å². The molecule has 1 N–H and O–H groups in total. The Bertz CT molecular complexity index is 431. The monoisotopic (exact) mass is 238 g/mol. The molecule has 0 aromatic carbocycles. The fraction of sp³-hybridized carbons (Fsp3) is 0.182. The number of carboxylic acids is 1. The summed E-state index contributed by atoms with van der Waals surface area (Å²) >= 11 is 0. The van der Waals surface area contributed by atoms with Crippen molar-refractivity contribution in [1.82, 2.24) is 4.98 Å². The van der Waals surface area contributed by atoms with Crippen molar-refractivity contribution in [2.75, 3.05) is 0 Å². The van der Waals surface area contributed by atoms with Gasteiger partial charge in [0.25, 0.3) is 0 Å². The number of aromatic nitrogens is 1. The Morgan fingerprint density at radius 1 is 1.44 bits per heavy atom. The van der Waals surface area contributed by atoms with Gasteiger partial charge in [0.1, 0.15) is 5.41 Å². The van der Waals surface area contributed by atoms with E-state index in [-0.39, 0.29) is 12.4 Å². The van der Waals surface area contributed by atoms with Gasteiger partial charge in [0, 0.05) is 25.0 Å². The number of carbonyl (C=O) groups is 1. The summed E-state index contributed by atoms with van der Waals surface area (Å²) in [6.07, 6.45) is 6.63. The number of hydrogen-bond donors (Lipinski definition) is 1. The fourth-order valence-corrected chi connectivity index (χ4v) is 1.58. The van der Waals surface area contributed by atoms with Crippen molar-refractivity contribution >= 4 is 24.6 Å². The molecular formula is C11H11ClN2O2. The second kappa shape index (κ2) is 4.90. The molecule has 1 atom stereocenters. The van der Waals surface area contributed by atoms with Gasteiger partial charge >= 0.3 is 5.97 Å². The van der Waals surface area contributed by atoms with Crippen molar-refractivity contribution in [3.8, 4) is 0 Å². The van der Waals surface area contributed by atoms with Crippen LogP contribution in [0.25, 0.3) is 0 Å². The van der Waals surface area contributed by atoms with Crippen LogP contribution in [0, 0.1) is 0 Å². The molecule has 0 radical (unpaired) electrons. The van der Waals surface area contributed by atoms with Crippen molar-refractivity contribution in [2.24, 2.45) is 4.99 Å². The third-order valence-corrected chi connectivity index (χ3v) is 2.47. The van der Waals surface area contributed by atoms with Gasteiger partial charge in [-0.15, -0.1) is 12.4 Å². The van der Waals surface area contributed by atoms with Crippen molar-refractivity contribution in [3.05, 3.63) is 42.4 Å². The van der Waals surface area contributed by atoms with E-state index in [2.05, 4.69) is 9.98 Å². The molecule has 0 saturated carbocycles. The number of rotatable bonds is 2. The lowest BCUT2D eigenvalue weighted by molar-refractivity contribution is -0.141. The first-order valence-corrected chi connectivity index (χ1v) is 4.60. The maximum atomic E-state index is 11.3. The molecule has 1 unspecified atom stereocenters. The summed E-state index contributed by atoms with van der Waals surface area (Å²) in [6, 6.07) is 5.27. The maximum absolute atomic E-state index is 11.3. The van der Waals surface area contributed by atoms with E-state index in [9.17, 15) is 9.90 Å². The minimum Gasteiger partial charge on any atom is -0.480 e. The average Bonchev–Trinajstić information content (AvgIpc) is 2.31. The summed E-state index contributed by atoms with van der Waals surface area (Å²) in [7, 11) is 0. The lowest BCUT2D eigenvalue weighted by atomic mass is 9.80. The topological polar surface area (TPSA) is 62.5 Å². The zero-order valence-corrected chi connectivity index (χ0v) is 9.22. The molecule has 0 bridgehead atoms. The molecule has 0 saturated heterocycles. The Morgan fingerprint density at radius 2 is 2.25 bits per heavy atom. The standard InChI is InChI=1S/C11H10N2O2.ClH/c14-10(15)11(4-7-12-8-5-11)9-3-1-2-6-13-9;/h1-4,6-8H,5H2,(H,14,15);1H. The van der Waals surface area contributed by atoms with Crippen LogP contribution in [0.15, 0.2) is 41.7 Å². The molecule has 0 fully saturated rings. The Kier molecular flexibility index (Phi) is 3.79. The van der Waals surface area contributed by atoms with Crippen molar-refractivity contribution in [2.45, 2.75) is 11.8 Å². The van der Waals surface area contributed by atoms with Crippen LogP contribution in [-0.2, 0) is 10.2 Å². The predicted octanol–water partition coefficient (Wildman–Crippen LogP) is 1.81. The molecule has 1 aromatic heterocycles. The molecule has 16 heavy (non-hydrogen) atoms. The molecule has 1 aliphatic heterocycles. The lowest BCUT2D eigenvalue weighted by Gasteiger charge is -2.24. The minimum atomic E-state index is -1.05. The van der Waals surface area contributed by atoms with Gasteiger partial charge in [-0.25, -0.2) is 0 Å². The molecule has 84 valence electrons. The zero-order chi connectivity index (χ0) is 10.7. The van der Waals surface area contributed by atoms with E-state index < -0.39 is 11.4 Å². The van der Waals surface area contributed by atoms with Crippen molar-refractivity contribution < 1.29 is 9.90 Å². The van der Waals surface area contributed by atoms with Crippen LogP contribution in [0.1, 0.15) is 12.1 Å². The average molecular weight is 239 g/mol. The SMILES string of the molecule is Cl.O=C(O)C1(c2ccccn2)C=CN=CC1. The highest BCUT2D eigenvalue weighted by Gasteiger charge is 2.39. The first-order chi connectivity index (χ1) is 7.26. The second-order valence-corrected chi connectivity index (χ2v) is 3.34. The second-order valence-electron chi connectivity index (χ2n) is 3.34. The summed E-state index contributed by atoms with van der Waals surface area (Å²) < 4.78 is 0. The summed E-state index contributed by atoms with van der Waals surface area (Å²) in [4.78, 5) is 19.3. The predicted molar refractivity (Wildman–Crippen MR) is 63.0 cm³/mol. The van der Waals surface area contributed by atoms with Crippen LogP contribution in [0.3, 0.4) is 0 Å². The zero-order valence-electron chi connectivity index (χ0n) is 8.41. The molecule has 1 aliphatic rings. The number of halogens is 1.